The molecule has 0 atom stereocenters. The van der Waals surface area contributed by atoms with Gasteiger partial charge in [-0.25, -0.2) is 9.98 Å². The molecule has 0 radical (unpaired) electrons. The predicted molar refractivity (Wildman–Crippen MR) is 107 cm³/mol. The zero-order chi connectivity index (χ0) is 17.5. The van der Waals surface area contributed by atoms with E-state index >= 15 is 0 Å². The molecule has 5 heteroatoms. The van der Waals surface area contributed by atoms with Crippen LogP contribution in [0.1, 0.15) is 17.0 Å². The van der Waals surface area contributed by atoms with Gasteiger partial charge < -0.3 is 10.2 Å². The van der Waals surface area contributed by atoms with E-state index in [9.17, 15) is 0 Å². The van der Waals surface area contributed by atoms with Crippen molar-refractivity contribution in [2.45, 2.75) is 19.4 Å². The molecule has 0 saturated heterocycles. The monoisotopic (exact) mass is 352 g/mol. The first-order valence-electron chi connectivity index (χ1n) is 8.56. The van der Waals surface area contributed by atoms with Crippen LogP contribution in [0.5, 0.6) is 0 Å². The Morgan fingerprint density at radius 1 is 1.08 bits per heavy atom. The fourth-order valence-electron chi connectivity index (χ4n) is 2.57. The van der Waals surface area contributed by atoms with Gasteiger partial charge in [0.25, 0.3) is 0 Å². The van der Waals surface area contributed by atoms with Crippen LogP contribution in [-0.2, 0) is 13.0 Å². The summed E-state index contributed by atoms with van der Waals surface area (Å²) in [6.07, 6.45) is 2.03. The van der Waals surface area contributed by atoms with E-state index in [2.05, 4.69) is 35.6 Å². The number of nitrogens with zero attached hydrogens (tertiary/aromatic N) is 3. The Balaban J connectivity index is 1.49. The summed E-state index contributed by atoms with van der Waals surface area (Å²) in [6.45, 7) is 1.58. The van der Waals surface area contributed by atoms with E-state index in [1.165, 1.54) is 15.3 Å². The minimum absolute atomic E-state index is 0.694. The molecule has 3 rings (SSSR count). The van der Waals surface area contributed by atoms with Crippen molar-refractivity contribution in [2.24, 2.45) is 4.99 Å². The largest absolute Gasteiger partial charge is 0.356 e. The van der Waals surface area contributed by atoms with Gasteiger partial charge in [-0.15, -0.1) is 11.3 Å². The van der Waals surface area contributed by atoms with E-state index in [1.807, 2.05) is 43.3 Å². The number of aromatic nitrogens is 1. The Morgan fingerprint density at radius 2 is 1.84 bits per heavy atom. The Morgan fingerprint density at radius 3 is 2.60 bits per heavy atom. The number of rotatable bonds is 6. The van der Waals surface area contributed by atoms with Crippen LogP contribution >= 0.6 is 11.3 Å². The lowest BCUT2D eigenvalue weighted by molar-refractivity contribution is 0.574. The molecule has 0 bridgehead atoms. The molecule has 0 aliphatic rings. The lowest BCUT2D eigenvalue weighted by atomic mass is 10.2. The van der Waals surface area contributed by atoms with Gasteiger partial charge in [-0.1, -0.05) is 42.5 Å². The molecule has 130 valence electrons. The SMILES string of the molecule is CN(C)C(=NCc1ccccc1)NCCCc1nc2ccccc2s1. The van der Waals surface area contributed by atoms with Crippen molar-refractivity contribution in [2.75, 3.05) is 20.6 Å². The summed E-state index contributed by atoms with van der Waals surface area (Å²) < 4.78 is 1.27. The van der Waals surface area contributed by atoms with Crippen molar-refractivity contribution in [3.63, 3.8) is 0 Å². The minimum atomic E-state index is 0.694. The van der Waals surface area contributed by atoms with Gasteiger partial charge in [0.05, 0.1) is 21.8 Å². The molecule has 2 aromatic carbocycles. The average Bonchev–Trinajstić information content (AvgIpc) is 3.04. The van der Waals surface area contributed by atoms with Gasteiger partial charge in [0.15, 0.2) is 5.96 Å². The molecular formula is C20H24N4S. The lowest BCUT2D eigenvalue weighted by Gasteiger charge is -2.17. The van der Waals surface area contributed by atoms with Gasteiger partial charge >= 0.3 is 0 Å². The van der Waals surface area contributed by atoms with Crippen LogP contribution in [0.25, 0.3) is 10.2 Å². The molecule has 0 aliphatic heterocycles. The molecule has 1 heterocycles. The maximum Gasteiger partial charge on any atom is 0.193 e. The molecule has 0 saturated carbocycles. The summed E-state index contributed by atoms with van der Waals surface area (Å²) in [4.78, 5) is 11.4. The van der Waals surface area contributed by atoms with E-state index in [0.717, 1.165) is 30.9 Å². The summed E-state index contributed by atoms with van der Waals surface area (Å²) in [7, 11) is 4.04. The summed E-state index contributed by atoms with van der Waals surface area (Å²) in [5.41, 5.74) is 2.33. The second kappa shape index (κ2) is 8.62. The van der Waals surface area contributed by atoms with E-state index in [1.54, 1.807) is 11.3 Å². The average molecular weight is 353 g/mol. The Labute approximate surface area is 153 Å². The minimum Gasteiger partial charge on any atom is -0.356 e. The quantitative estimate of drug-likeness (QED) is 0.415. The first-order chi connectivity index (χ1) is 12.2. The van der Waals surface area contributed by atoms with E-state index in [4.69, 9.17) is 9.98 Å². The summed E-state index contributed by atoms with van der Waals surface area (Å²) in [5.74, 6) is 0.924. The van der Waals surface area contributed by atoms with Gasteiger partial charge in [-0.05, 0) is 24.1 Å². The molecule has 3 aromatic rings. The molecule has 4 nitrogen and oxygen atoms in total. The number of hydrogen-bond acceptors (Lipinski definition) is 3. The van der Waals surface area contributed by atoms with Crippen LogP contribution in [0.4, 0.5) is 0 Å². The van der Waals surface area contributed by atoms with Gasteiger partial charge in [-0.2, -0.15) is 0 Å². The molecule has 0 unspecified atom stereocenters. The van der Waals surface area contributed by atoms with E-state index < -0.39 is 0 Å². The Bertz CT molecular complexity index is 791. The highest BCUT2D eigenvalue weighted by Crippen LogP contribution is 2.22. The second-order valence-corrected chi connectivity index (χ2v) is 7.24. The predicted octanol–water partition coefficient (Wildman–Crippen LogP) is 3.94. The van der Waals surface area contributed by atoms with Gasteiger partial charge in [-0.3, -0.25) is 0 Å². The molecule has 1 N–H and O–H groups in total. The molecule has 0 spiro atoms. The maximum absolute atomic E-state index is 4.69. The molecule has 0 aliphatic carbocycles. The van der Waals surface area contributed by atoms with Crippen molar-refractivity contribution < 1.29 is 0 Å². The number of aryl methyl sites for hydroxylation is 1. The number of hydrogen-bond donors (Lipinski definition) is 1. The van der Waals surface area contributed by atoms with Crippen molar-refractivity contribution in [1.82, 2.24) is 15.2 Å². The third-order valence-corrected chi connectivity index (χ3v) is 4.96. The number of benzene rings is 2. The number of thiazole rings is 1. The maximum atomic E-state index is 4.69. The van der Waals surface area contributed by atoms with Crippen molar-refractivity contribution >= 4 is 27.5 Å². The highest BCUT2D eigenvalue weighted by molar-refractivity contribution is 7.18. The number of fused-ring (bicyclic) bond motifs is 1. The first kappa shape index (κ1) is 17.4. The van der Waals surface area contributed by atoms with Crippen LogP contribution in [0.15, 0.2) is 59.6 Å². The fourth-order valence-corrected chi connectivity index (χ4v) is 3.58. The van der Waals surface area contributed by atoms with Gasteiger partial charge in [0.1, 0.15) is 0 Å². The normalized spacial score (nSPS) is 11.7. The molecule has 0 fully saturated rings. The summed E-state index contributed by atoms with van der Waals surface area (Å²) in [6, 6.07) is 18.6. The smallest absolute Gasteiger partial charge is 0.193 e. The van der Waals surface area contributed by atoms with Crippen LogP contribution < -0.4 is 5.32 Å². The van der Waals surface area contributed by atoms with Gasteiger partial charge in [0, 0.05) is 27.1 Å². The number of nitrogens with one attached hydrogen (secondary N) is 1. The fraction of sp³-hybridized carbons (Fsp3) is 0.300. The van der Waals surface area contributed by atoms with Crippen LogP contribution in [-0.4, -0.2) is 36.5 Å². The highest BCUT2D eigenvalue weighted by Gasteiger charge is 2.04. The molecule has 0 amide bonds. The van der Waals surface area contributed by atoms with Crippen LogP contribution in [0, 0.1) is 0 Å². The topological polar surface area (TPSA) is 40.5 Å². The van der Waals surface area contributed by atoms with Crippen molar-refractivity contribution in [1.29, 1.82) is 0 Å². The Hall–Kier alpha value is -2.40. The van der Waals surface area contributed by atoms with Crippen LogP contribution in [0.2, 0.25) is 0 Å². The summed E-state index contributed by atoms with van der Waals surface area (Å²) >= 11 is 1.79. The zero-order valence-corrected chi connectivity index (χ0v) is 15.6. The highest BCUT2D eigenvalue weighted by atomic mass is 32.1. The third kappa shape index (κ3) is 5.03. The zero-order valence-electron chi connectivity index (χ0n) is 14.8. The van der Waals surface area contributed by atoms with Crippen molar-refractivity contribution in [3.05, 3.63) is 65.2 Å². The molecule has 1 aromatic heterocycles. The van der Waals surface area contributed by atoms with Crippen molar-refractivity contribution in [3.8, 4) is 0 Å². The number of para-hydroxylation sites is 1. The molecule has 25 heavy (non-hydrogen) atoms. The van der Waals surface area contributed by atoms with Crippen LogP contribution in [0.3, 0.4) is 0 Å². The second-order valence-electron chi connectivity index (χ2n) is 6.13. The number of aliphatic imine (C=N–C) groups is 1. The van der Waals surface area contributed by atoms with E-state index in [-0.39, 0.29) is 0 Å². The number of guanidine groups is 1. The molecular weight excluding hydrogens is 328 g/mol. The Kier molecular flexibility index (Phi) is 6.01. The van der Waals surface area contributed by atoms with E-state index in [0.29, 0.717) is 6.54 Å². The lowest BCUT2D eigenvalue weighted by Crippen LogP contribution is -2.37. The third-order valence-electron chi connectivity index (χ3n) is 3.87. The van der Waals surface area contributed by atoms with Gasteiger partial charge in [0.2, 0.25) is 0 Å². The summed E-state index contributed by atoms with van der Waals surface area (Å²) in [5, 5.41) is 4.65. The first-order valence-corrected chi connectivity index (χ1v) is 9.38. The standard InChI is InChI=1S/C20H24N4S/c1-24(2)20(22-15-16-9-4-3-5-10-16)21-14-8-13-19-23-17-11-6-7-12-18(17)25-19/h3-7,9-12H,8,13-15H2,1-2H3,(H,21,22).